The number of aryl methyl sites for hydroxylation is 1. The monoisotopic (exact) mass is 363 g/mol. The average molecular weight is 364 g/mol. The fourth-order valence-electron chi connectivity index (χ4n) is 2.89. The fourth-order valence-corrected chi connectivity index (χ4v) is 5.03. The Bertz CT molecular complexity index is 694. The number of halogens is 1. The summed E-state index contributed by atoms with van der Waals surface area (Å²) < 4.78 is 27.4. The van der Waals surface area contributed by atoms with Gasteiger partial charge in [0.15, 0.2) is 4.90 Å². The zero-order valence-electron chi connectivity index (χ0n) is 13.2. The lowest BCUT2D eigenvalue weighted by atomic mass is 10.1. The molecule has 1 aromatic carbocycles. The summed E-state index contributed by atoms with van der Waals surface area (Å²) in [6.07, 6.45) is 2.35. The molecule has 1 unspecified atom stereocenters. The third-order valence-corrected chi connectivity index (χ3v) is 6.39. The molecule has 1 atom stereocenters. The smallest absolute Gasteiger partial charge is 0.289 e. The minimum Gasteiger partial charge on any atom is -0.329 e. The lowest BCUT2D eigenvalue weighted by Gasteiger charge is -2.34. The molecule has 1 aromatic rings. The van der Waals surface area contributed by atoms with Crippen molar-refractivity contribution in [2.45, 2.75) is 44.0 Å². The van der Waals surface area contributed by atoms with E-state index in [1.807, 2.05) is 0 Å². The van der Waals surface area contributed by atoms with Crippen molar-refractivity contribution in [2.75, 3.05) is 13.1 Å². The van der Waals surface area contributed by atoms with E-state index in [9.17, 15) is 18.5 Å². The van der Waals surface area contributed by atoms with Crippen LogP contribution in [0.4, 0.5) is 5.69 Å². The number of benzene rings is 1. The molecule has 2 N–H and O–H groups in total. The number of nitrogens with zero attached hydrogens (tertiary/aromatic N) is 2. The first kappa shape index (κ1) is 19.8. The topological polar surface area (TPSA) is 107 Å². The van der Waals surface area contributed by atoms with Gasteiger partial charge in [-0.1, -0.05) is 12.5 Å². The second-order valence-electron chi connectivity index (χ2n) is 5.61. The Kier molecular flexibility index (Phi) is 6.52. The van der Waals surface area contributed by atoms with Gasteiger partial charge in [0.1, 0.15) is 0 Å². The van der Waals surface area contributed by atoms with E-state index in [-0.39, 0.29) is 35.6 Å². The molecule has 0 saturated carbocycles. The minimum absolute atomic E-state index is 0. The molecule has 1 saturated heterocycles. The van der Waals surface area contributed by atoms with Crippen LogP contribution in [0.3, 0.4) is 0 Å². The Morgan fingerprint density at radius 3 is 2.57 bits per heavy atom. The van der Waals surface area contributed by atoms with Crippen LogP contribution in [0.1, 0.15) is 30.4 Å². The molecule has 0 aliphatic carbocycles. The van der Waals surface area contributed by atoms with Gasteiger partial charge in [0.05, 0.1) is 4.92 Å². The van der Waals surface area contributed by atoms with Crippen LogP contribution < -0.4 is 5.73 Å². The van der Waals surface area contributed by atoms with Crippen molar-refractivity contribution >= 4 is 28.1 Å². The van der Waals surface area contributed by atoms with Crippen LogP contribution in [0.15, 0.2) is 17.0 Å². The summed E-state index contributed by atoms with van der Waals surface area (Å²) in [6.45, 7) is 3.93. The number of sulfonamides is 1. The molecule has 130 valence electrons. The van der Waals surface area contributed by atoms with Gasteiger partial charge in [0, 0.05) is 25.2 Å². The van der Waals surface area contributed by atoms with Gasteiger partial charge in [-0.2, -0.15) is 4.31 Å². The SMILES string of the molecule is Cc1ccc([N+](=O)[O-])c(S(=O)(=O)N2CCCCC2CN)c1C.Cl. The van der Waals surface area contributed by atoms with Crippen molar-refractivity contribution in [1.29, 1.82) is 0 Å². The molecule has 0 radical (unpaired) electrons. The first-order valence-corrected chi connectivity index (χ1v) is 8.71. The second-order valence-corrected chi connectivity index (χ2v) is 7.44. The van der Waals surface area contributed by atoms with Crippen molar-refractivity contribution in [3.05, 3.63) is 33.4 Å². The molecule has 1 heterocycles. The molecule has 2 rings (SSSR count). The van der Waals surface area contributed by atoms with Gasteiger partial charge in [-0.05, 0) is 37.8 Å². The van der Waals surface area contributed by atoms with Gasteiger partial charge >= 0.3 is 0 Å². The van der Waals surface area contributed by atoms with Crippen molar-refractivity contribution in [2.24, 2.45) is 5.73 Å². The van der Waals surface area contributed by atoms with Crippen molar-refractivity contribution in [3.8, 4) is 0 Å². The maximum atomic E-state index is 13.0. The first-order chi connectivity index (χ1) is 10.3. The standard InChI is InChI=1S/C14H21N3O4S.ClH/c1-10-6-7-13(17(18)19)14(11(10)2)22(20,21)16-8-4-3-5-12(16)9-15;/h6-7,12H,3-5,8-9,15H2,1-2H3;1H. The van der Waals surface area contributed by atoms with E-state index in [0.29, 0.717) is 24.1 Å². The Balaban J connectivity index is 0.00000264. The summed E-state index contributed by atoms with van der Waals surface area (Å²) >= 11 is 0. The van der Waals surface area contributed by atoms with Crippen LogP contribution in [0, 0.1) is 24.0 Å². The molecule has 9 heteroatoms. The lowest BCUT2D eigenvalue weighted by molar-refractivity contribution is -0.388. The van der Waals surface area contributed by atoms with Crippen LogP contribution >= 0.6 is 12.4 Å². The van der Waals surface area contributed by atoms with Gasteiger partial charge in [0.25, 0.3) is 5.69 Å². The Morgan fingerprint density at radius 1 is 1.35 bits per heavy atom. The Morgan fingerprint density at radius 2 is 2.00 bits per heavy atom. The van der Waals surface area contributed by atoms with Crippen molar-refractivity contribution in [1.82, 2.24) is 4.31 Å². The number of nitro benzene ring substituents is 1. The molecule has 1 fully saturated rings. The van der Waals surface area contributed by atoms with Crippen LogP contribution in [0.5, 0.6) is 0 Å². The third-order valence-electron chi connectivity index (χ3n) is 4.26. The van der Waals surface area contributed by atoms with Crippen LogP contribution in [-0.2, 0) is 10.0 Å². The summed E-state index contributed by atoms with van der Waals surface area (Å²) in [7, 11) is -3.94. The number of hydrogen-bond acceptors (Lipinski definition) is 5. The highest BCUT2D eigenvalue weighted by atomic mass is 35.5. The van der Waals surface area contributed by atoms with Crippen LogP contribution in [-0.4, -0.2) is 36.8 Å². The molecule has 1 aliphatic heterocycles. The number of piperidine rings is 1. The van der Waals surface area contributed by atoms with E-state index >= 15 is 0 Å². The molecule has 0 aromatic heterocycles. The Labute approximate surface area is 142 Å². The van der Waals surface area contributed by atoms with E-state index in [0.717, 1.165) is 12.8 Å². The number of nitrogens with two attached hydrogens (primary N) is 1. The number of hydrogen-bond donors (Lipinski definition) is 1. The highest BCUT2D eigenvalue weighted by molar-refractivity contribution is 7.89. The summed E-state index contributed by atoms with van der Waals surface area (Å²) in [5, 5.41) is 11.3. The molecular formula is C14H22ClN3O4S. The maximum absolute atomic E-state index is 13.0. The van der Waals surface area contributed by atoms with Crippen molar-refractivity contribution in [3.63, 3.8) is 0 Å². The van der Waals surface area contributed by atoms with E-state index in [1.54, 1.807) is 19.9 Å². The zero-order valence-corrected chi connectivity index (χ0v) is 14.8. The van der Waals surface area contributed by atoms with E-state index in [4.69, 9.17) is 5.73 Å². The third kappa shape index (κ3) is 3.65. The molecule has 0 spiro atoms. The van der Waals surface area contributed by atoms with Gasteiger partial charge < -0.3 is 5.73 Å². The highest BCUT2D eigenvalue weighted by Gasteiger charge is 2.38. The number of rotatable bonds is 4. The molecular weight excluding hydrogens is 342 g/mol. The molecule has 0 amide bonds. The van der Waals surface area contributed by atoms with Gasteiger partial charge in [0.2, 0.25) is 10.0 Å². The lowest BCUT2D eigenvalue weighted by Crippen LogP contribution is -2.47. The molecule has 23 heavy (non-hydrogen) atoms. The van der Waals surface area contributed by atoms with Crippen LogP contribution in [0.2, 0.25) is 0 Å². The average Bonchev–Trinajstić information content (AvgIpc) is 2.49. The van der Waals surface area contributed by atoms with Gasteiger partial charge in [-0.3, -0.25) is 10.1 Å². The molecule has 0 bridgehead atoms. The largest absolute Gasteiger partial charge is 0.329 e. The van der Waals surface area contributed by atoms with Crippen molar-refractivity contribution < 1.29 is 13.3 Å². The summed E-state index contributed by atoms with van der Waals surface area (Å²) in [5.41, 5.74) is 6.46. The predicted octanol–water partition coefficient (Wildman–Crippen LogP) is 2.14. The quantitative estimate of drug-likeness (QED) is 0.651. The molecule has 1 aliphatic rings. The van der Waals surface area contributed by atoms with Gasteiger partial charge in [-0.15, -0.1) is 12.4 Å². The van der Waals surface area contributed by atoms with E-state index in [2.05, 4.69) is 0 Å². The van der Waals surface area contributed by atoms with Crippen LogP contribution in [0.25, 0.3) is 0 Å². The van der Waals surface area contributed by atoms with E-state index < -0.39 is 14.9 Å². The summed E-state index contributed by atoms with van der Waals surface area (Å²) in [6, 6.07) is 2.54. The highest BCUT2D eigenvalue weighted by Crippen LogP contribution is 2.34. The molecule has 7 nitrogen and oxygen atoms in total. The minimum atomic E-state index is -3.94. The fraction of sp³-hybridized carbons (Fsp3) is 0.571. The maximum Gasteiger partial charge on any atom is 0.289 e. The normalized spacial score (nSPS) is 19.2. The summed E-state index contributed by atoms with van der Waals surface area (Å²) in [5.74, 6) is 0. The van der Waals surface area contributed by atoms with Gasteiger partial charge in [-0.25, -0.2) is 8.42 Å². The second kappa shape index (κ2) is 7.57. The summed E-state index contributed by atoms with van der Waals surface area (Å²) in [4.78, 5) is 10.4. The first-order valence-electron chi connectivity index (χ1n) is 7.27. The number of nitro groups is 1. The Hall–Kier alpha value is -1.22. The zero-order chi connectivity index (χ0) is 16.5. The van der Waals surface area contributed by atoms with E-state index in [1.165, 1.54) is 10.4 Å². The predicted molar refractivity (Wildman–Crippen MR) is 90.4 cm³/mol.